The molecule has 1 heterocycles. The highest BCUT2D eigenvalue weighted by Gasteiger charge is 2.31. The molecule has 1 saturated carbocycles. The van der Waals surface area contributed by atoms with Crippen LogP contribution in [-0.2, 0) is 16.2 Å². The zero-order valence-corrected chi connectivity index (χ0v) is 19.0. The fourth-order valence-electron chi connectivity index (χ4n) is 4.41. The van der Waals surface area contributed by atoms with Crippen LogP contribution < -0.4 is 4.90 Å². The third-order valence-electron chi connectivity index (χ3n) is 6.15. The van der Waals surface area contributed by atoms with Gasteiger partial charge in [0.25, 0.3) is 0 Å². The van der Waals surface area contributed by atoms with Crippen molar-refractivity contribution < 1.29 is 9.63 Å². The fraction of sp³-hybridized carbons (Fsp3) is 0.440. The van der Waals surface area contributed by atoms with E-state index in [0.29, 0.717) is 24.5 Å². The van der Waals surface area contributed by atoms with Gasteiger partial charge in [0.05, 0.1) is 12.3 Å². The minimum absolute atomic E-state index is 0.125. The van der Waals surface area contributed by atoms with E-state index in [1.807, 2.05) is 43.3 Å². The average Bonchev–Trinajstić information content (AvgIpc) is 3.45. The second-order valence-corrected chi connectivity index (χ2v) is 9.18. The van der Waals surface area contributed by atoms with E-state index < -0.39 is 0 Å². The predicted molar refractivity (Wildman–Crippen MR) is 126 cm³/mol. The van der Waals surface area contributed by atoms with Crippen LogP contribution in [0.2, 0.25) is 5.02 Å². The Morgan fingerprint density at radius 2 is 1.87 bits per heavy atom. The van der Waals surface area contributed by atoms with Crippen LogP contribution in [0.1, 0.15) is 43.2 Å². The maximum atomic E-state index is 13.3. The molecule has 0 spiro atoms. The molecule has 1 fully saturated rings. The van der Waals surface area contributed by atoms with Gasteiger partial charge in [0.15, 0.2) is 6.10 Å². The summed E-state index contributed by atoms with van der Waals surface area (Å²) in [7, 11) is 4.05. The zero-order chi connectivity index (χ0) is 21.8. The van der Waals surface area contributed by atoms with E-state index in [4.69, 9.17) is 16.4 Å². The van der Waals surface area contributed by atoms with Crippen molar-refractivity contribution >= 4 is 28.9 Å². The Balaban J connectivity index is 1.43. The van der Waals surface area contributed by atoms with E-state index in [2.05, 4.69) is 34.3 Å². The van der Waals surface area contributed by atoms with Gasteiger partial charge in [-0.3, -0.25) is 4.79 Å². The lowest BCUT2D eigenvalue weighted by Crippen LogP contribution is -2.40. The van der Waals surface area contributed by atoms with Crippen molar-refractivity contribution in [1.82, 2.24) is 4.90 Å². The lowest BCUT2D eigenvalue weighted by atomic mass is 10.0. The normalized spacial score (nSPS) is 18.5. The van der Waals surface area contributed by atoms with Crippen LogP contribution in [0.3, 0.4) is 0 Å². The molecule has 31 heavy (non-hydrogen) atoms. The molecule has 4 rings (SSSR count). The lowest BCUT2D eigenvalue weighted by Gasteiger charge is -2.27. The smallest absolute Gasteiger partial charge is 0.226 e. The molecule has 1 atom stereocenters. The number of hydrogen-bond acceptors (Lipinski definition) is 4. The number of carbonyl (C=O) groups excluding carboxylic acids is 1. The SMILES string of the molecule is CN(C)c1ccc(C2=NOC(CN(Cc3cccc(Cl)c3)C(=O)C3CCCC3)C2)cc1. The standard InChI is InChI=1S/C25H30ClN3O2/c1-28(2)22-12-10-19(11-13-22)24-15-23(31-27-24)17-29(25(30)20-7-3-4-8-20)16-18-6-5-9-21(26)14-18/h5-6,9-14,20,23H,3-4,7-8,15-17H2,1-2H3. The quantitative estimate of drug-likeness (QED) is 0.601. The van der Waals surface area contributed by atoms with Crippen molar-refractivity contribution in [3.8, 4) is 0 Å². The minimum Gasteiger partial charge on any atom is -0.390 e. The first kappa shape index (κ1) is 21.7. The first-order chi connectivity index (χ1) is 15.0. The van der Waals surface area contributed by atoms with Crippen LogP contribution in [0.15, 0.2) is 53.7 Å². The Hall–Kier alpha value is -2.53. The summed E-state index contributed by atoms with van der Waals surface area (Å²) in [6.07, 6.45) is 4.81. The van der Waals surface area contributed by atoms with E-state index in [0.717, 1.165) is 48.2 Å². The molecule has 1 aliphatic heterocycles. The molecule has 164 valence electrons. The van der Waals surface area contributed by atoms with E-state index in [1.165, 1.54) is 0 Å². The van der Waals surface area contributed by atoms with Crippen LogP contribution in [0.4, 0.5) is 5.69 Å². The number of amides is 1. The molecule has 2 aromatic rings. The summed E-state index contributed by atoms with van der Waals surface area (Å²) in [5, 5.41) is 5.03. The third kappa shape index (κ3) is 5.40. The molecule has 2 aromatic carbocycles. The van der Waals surface area contributed by atoms with Gasteiger partial charge in [-0.05, 0) is 48.2 Å². The van der Waals surface area contributed by atoms with Crippen LogP contribution in [0, 0.1) is 5.92 Å². The number of halogens is 1. The number of anilines is 1. The maximum absolute atomic E-state index is 13.3. The fourth-order valence-corrected chi connectivity index (χ4v) is 4.63. The van der Waals surface area contributed by atoms with E-state index in [-0.39, 0.29) is 17.9 Å². The number of oxime groups is 1. The summed E-state index contributed by atoms with van der Waals surface area (Å²) in [5.41, 5.74) is 4.19. The number of nitrogens with zero attached hydrogens (tertiary/aromatic N) is 3. The van der Waals surface area contributed by atoms with Crippen molar-refractivity contribution in [1.29, 1.82) is 0 Å². The molecule has 0 saturated heterocycles. The van der Waals surface area contributed by atoms with Crippen molar-refractivity contribution in [3.63, 3.8) is 0 Å². The summed E-state index contributed by atoms with van der Waals surface area (Å²) in [6, 6.07) is 16.1. The molecule has 0 N–H and O–H groups in total. The average molecular weight is 440 g/mol. The molecule has 1 amide bonds. The summed E-state index contributed by atoms with van der Waals surface area (Å²) < 4.78 is 0. The Bertz CT molecular complexity index is 936. The van der Waals surface area contributed by atoms with Gasteiger partial charge in [-0.25, -0.2) is 0 Å². The van der Waals surface area contributed by atoms with Crippen molar-refractivity contribution in [2.45, 2.75) is 44.8 Å². The topological polar surface area (TPSA) is 45.1 Å². The van der Waals surface area contributed by atoms with Crippen molar-refractivity contribution in [2.75, 3.05) is 25.5 Å². The molecule has 5 nitrogen and oxygen atoms in total. The zero-order valence-electron chi connectivity index (χ0n) is 18.3. The van der Waals surface area contributed by atoms with Gasteiger partial charge in [0.2, 0.25) is 5.91 Å². The number of hydrogen-bond donors (Lipinski definition) is 0. The molecular formula is C25H30ClN3O2. The summed E-state index contributed by atoms with van der Waals surface area (Å²) in [5.74, 6) is 0.351. The van der Waals surface area contributed by atoms with Gasteiger partial charge in [-0.1, -0.05) is 53.9 Å². The minimum atomic E-state index is -0.131. The Labute approximate surface area is 189 Å². The molecule has 1 unspecified atom stereocenters. The Morgan fingerprint density at radius 1 is 1.13 bits per heavy atom. The Morgan fingerprint density at radius 3 is 2.55 bits per heavy atom. The first-order valence-electron chi connectivity index (χ1n) is 11.0. The van der Waals surface area contributed by atoms with E-state index in [9.17, 15) is 4.79 Å². The molecule has 2 aliphatic rings. The molecule has 0 radical (unpaired) electrons. The van der Waals surface area contributed by atoms with Gasteiger partial charge in [-0.2, -0.15) is 0 Å². The van der Waals surface area contributed by atoms with Gasteiger partial charge in [-0.15, -0.1) is 0 Å². The maximum Gasteiger partial charge on any atom is 0.226 e. The van der Waals surface area contributed by atoms with Crippen molar-refractivity contribution in [3.05, 3.63) is 64.7 Å². The molecular weight excluding hydrogens is 410 g/mol. The second-order valence-electron chi connectivity index (χ2n) is 8.74. The second kappa shape index (κ2) is 9.73. The molecule has 0 bridgehead atoms. The van der Waals surface area contributed by atoms with E-state index in [1.54, 1.807) is 0 Å². The largest absolute Gasteiger partial charge is 0.390 e. The van der Waals surface area contributed by atoms with Crippen LogP contribution in [0.25, 0.3) is 0 Å². The summed E-state index contributed by atoms with van der Waals surface area (Å²) in [6.45, 7) is 1.08. The van der Waals surface area contributed by atoms with Crippen LogP contribution >= 0.6 is 11.6 Å². The first-order valence-corrected chi connectivity index (χ1v) is 11.4. The molecule has 0 aromatic heterocycles. The number of rotatable bonds is 7. The molecule has 1 aliphatic carbocycles. The van der Waals surface area contributed by atoms with Gasteiger partial charge in [0, 0.05) is 43.7 Å². The van der Waals surface area contributed by atoms with Crippen molar-refractivity contribution in [2.24, 2.45) is 11.1 Å². The summed E-state index contributed by atoms with van der Waals surface area (Å²) in [4.78, 5) is 23.0. The van der Waals surface area contributed by atoms with Crippen LogP contribution in [0.5, 0.6) is 0 Å². The van der Waals surface area contributed by atoms with Crippen LogP contribution in [-0.4, -0.2) is 43.3 Å². The highest BCUT2D eigenvalue weighted by atomic mass is 35.5. The lowest BCUT2D eigenvalue weighted by molar-refractivity contribution is -0.137. The van der Waals surface area contributed by atoms with Gasteiger partial charge >= 0.3 is 0 Å². The third-order valence-corrected chi connectivity index (χ3v) is 6.39. The molecule has 6 heteroatoms. The highest BCUT2D eigenvalue weighted by molar-refractivity contribution is 6.30. The number of carbonyl (C=O) groups is 1. The monoisotopic (exact) mass is 439 g/mol. The predicted octanol–water partition coefficient (Wildman–Crippen LogP) is 5.12. The van der Waals surface area contributed by atoms with Gasteiger partial charge < -0.3 is 14.6 Å². The highest BCUT2D eigenvalue weighted by Crippen LogP contribution is 2.28. The number of benzene rings is 2. The van der Waals surface area contributed by atoms with E-state index >= 15 is 0 Å². The summed E-state index contributed by atoms with van der Waals surface area (Å²) >= 11 is 6.17. The Kier molecular flexibility index (Phi) is 6.81. The van der Waals surface area contributed by atoms with Gasteiger partial charge in [0.1, 0.15) is 0 Å².